The molecule has 3 nitrogen and oxygen atoms in total. The maximum atomic E-state index is 10.0. The zero-order valence-corrected chi connectivity index (χ0v) is 9.93. The molecule has 90 valence electrons. The maximum Gasteiger partial charge on any atom is 0.0771 e. The minimum absolute atomic E-state index is 0.396. The number of rotatable bonds is 8. The van der Waals surface area contributed by atoms with Gasteiger partial charge in [-0.25, -0.2) is 0 Å². The Labute approximate surface area is 93.2 Å². The zero-order chi connectivity index (χ0) is 11.0. The molecule has 1 aliphatic rings. The highest BCUT2D eigenvalue weighted by molar-refractivity contribution is 4.85. The van der Waals surface area contributed by atoms with Gasteiger partial charge in [0.2, 0.25) is 0 Å². The lowest BCUT2D eigenvalue weighted by Crippen LogP contribution is -2.38. The molecule has 0 aromatic heterocycles. The van der Waals surface area contributed by atoms with Crippen LogP contribution < -0.4 is 5.32 Å². The first-order valence-electron chi connectivity index (χ1n) is 6.19. The number of nitrogens with one attached hydrogen (secondary N) is 1. The number of aliphatic hydroxyl groups is 1. The van der Waals surface area contributed by atoms with Gasteiger partial charge in [0.05, 0.1) is 5.60 Å². The van der Waals surface area contributed by atoms with E-state index in [4.69, 9.17) is 4.74 Å². The van der Waals surface area contributed by atoms with Crippen molar-refractivity contribution in [3.8, 4) is 0 Å². The molecule has 0 amide bonds. The van der Waals surface area contributed by atoms with Gasteiger partial charge in [0.15, 0.2) is 0 Å². The predicted molar refractivity (Wildman–Crippen MR) is 62.0 cm³/mol. The highest BCUT2D eigenvalue weighted by Crippen LogP contribution is 2.28. The van der Waals surface area contributed by atoms with Crippen LogP contribution in [0.1, 0.15) is 44.9 Å². The SMILES string of the molecule is COCCCCCNCC1(O)CCCC1. The van der Waals surface area contributed by atoms with E-state index < -0.39 is 5.60 Å². The molecule has 15 heavy (non-hydrogen) atoms. The number of hydrogen-bond donors (Lipinski definition) is 2. The Morgan fingerprint density at radius 1 is 1.20 bits per heavy atom. The summed E-state index contributed by atoms with van der Waals surface area (Å²) >= 11 is 0. The molecule has 0 heterocycles. The molecule has 1 saturated carbocycles. The van der Waals surface area contributed by atoms with E-state index in [1.165, 1.54) is 25.7 Å². The second-order valence-electron chi connectivity index (χ2n) is 4.66. The summed E-state index contributed by atoms with van der Waals surface area (Å²) in [6.07, 6.45) is 7.85. The van der Waals surface area contributed by atoms with Crippen molar-refractivity contribution in [1.29, 1.82) is 0 Å². The second kappa shape index (κ2) is 7.20. The predicted octanol–water partition coefficient (Wildman–Crippen LogP) is 1.70. The van der Waals surface area contributed by atoms with Gasteiger partial charge in [0.1, 0.15) is 0 Å². The van der Waals surface area contributed by atoms with Crippen LogP contribution in [0.15, 0.2) is 0 Å². The first-order chi connectivity index (χ1) is 7.27. The normalized spacial score (nSPS) is 19.6. The molecule has 1 fully saturated rings. The largest absolute Gasteiger partial charge is 0.389 e. The second-order valence-corrected chi connectivity index (χ2v) is 4.66. The van der Waals surface area contributed by atoms with Gasteiger partial charge in [-0.2, -0.15) is 0 Å². The van der Waals surface area contributed by atoms with Crippen molar-refractivity contribution in [2.24, 2.45) is 0 Å². The van der Waals surface area contributed by atoms with E-state index in [0.717, 1.165) is 39.0 Å². The lowest BCUT2D eigenvalue weighted by molar-refractivity contribution is 0.0478. The van der Waals surface area contributed by atoms with Gasteiger partial charge < -0.3 is 15.2 Å². The van der Waals surface area contributed by atoms with Crippen LogP contribution in [-0.4, -0.2) is 37.5 Å². The molecule has 0 bridgehead atoms. The van der Waals surface area contributed by atoms with Crippen molar-refractivity contribution in [2.45, 2.75) is 50.5 Å². The number of hydrogen-bond acceptors (Lipinski definition) is 3. The monoisotopic (exact) mass is 215 g/mol. The van der Waals surface area contributed by atoms with Crippen LogP contribution >= 0.6 is 0 Å². The minimum atomic E-state index is -0.396. The van der Waals surface area contributed by atoms with Crippen LogP contribution in [0.2, 0.25) is 0 Å². The number of ether oxygens (including phenoxy) is 1. The fourth-order valence-corrected chi connectivity index (χ4v) is 2.20. The van der Waals surface area contributed by atoms with Gasteiger partial charge in [0.25, 0.3) is 0 Å². The quantitative estimate of drug-likeness (QED) is 0.606. The Hall–Kier alpha value is -0.120. The lowest BCUT2D eigenvalue weighted by Gasteiger charge is -2.22. The van der Waals surface area contributed by atoms with Crippen LogP contribution in [0, 0.1) is 0 Å². The molecule has 2 N–H and O–H groups in total. The summed E-state index contributed by atoms with van der Waals surface area (Å²) in [5, 5.41) is 13.4. The Morgan fingerprint density at radius 3 is 2.60 bits per heavy atom. The molecule has 0 radical (unpaired) electrons. The van der Waals surface area contributed by atoms with Crippen LogP contribution in [0.25, 0.3) is 0 Å². The van der Waals surface area contributed by atoms with Gasteiger partial charge >= 0.3 is 0 Å². The molecule has 0 saturated heterocycles. The van der Waals surface area contributed by atoms with E-state index in [1.807, 2.05) is 0 Å². The van der Waals surface area contributed by atoms with Gasteiger partial charge in [-0.05, 0) is 38.6 Å². The van der Waals surface area contributed by atoms with Crippen molar-refractivity contribution in [3.05, 3.63) is 0 Å². The van der Waals surface area contributed by atoms with E-state index in [0.29, 0.717) is 0 Å². The summed E-state index contributed by atoms with van der Waals surface area (Å²) in [6, 6.07) is 0. The van der Waals surface area contributed by atoms with Crippen LogP contribution in [0.3, 0.4) is 0 Å². The summed E-state index contributed by atoms with van der Waals surface area (Å²) in [5.41, 5.74) is -0.396. The van der Waals surface area contributed by atoms with Gasteiger partial charge in [0, 0.05) is 20.3 Å². The number of unbranched alkanes of at least 4 members (excludes halogenated alkanes) is 2. The molecule has 0 aliphatic heterocycles. The summed E-state index contributed by atoms with van der Waals surface area (Å²) < 4.78 is 4.99. The van der Waals surface area contributed by atoms with Crippen molar-refractivity contribution in [2.75, 3.05) is 26.8 Å². The molecular formula is C12H25NO2. The standard InChI is InChI=1S/C12H25NO2/c1-15-10-6-2-5-9-13-11-12(14)7-3-4-8-12/h13-14H,2-11H2,1H3. The minimum Gasteiger partial charge on any atom is -0.389 e. The smallest absolute Gasteiger partial charge is 0.0771 e. The third-order valence-corrected chi connectivity index (χ3v) is 3.19. The van der Waals surface area contributed by atoms with E-state index >= 15 is 0 Å². The maximum absolute atomic E-state index is 10.0. The van der Waals surface area contributed by atoms with Gasteiger partial charge in [-0.1, -0.05) is 12.8 Å². The van der Waals surface area contributed by atoms with E-state index in [-0.39, 0.29) is 0 Å². The molecule has 1 aliphatic carbocycles. The van der Waals surface area contributed by atoms with Crippen molar-refractivity contribution < 1.29 is 9.84 Å². The average Bonchev–Trinajstić information content (AvgIpc) is 2.64. The van der Waals surface area contributed by atoms with Gasteiger partial charge in [-0.3, -0.25) is 0 Å². The Balaban J connectivity index is 1.88. The van der Waals surface area contributed by atoms with Crippen molar-refractivity contribution in [1.82, 2.24) is 5.32 Å². The lowest BCUT2D eigenvalue weighted by atomic mass is 10.0. The van der Waals surface area contributed by atoms with E-state index in [9.17, 15) is 5.11 Å². The molecule has 0 unspecified atom stereocenters. The Morgan fingerprint density at radius 2 is 1.93 bits per heavy atom. The fourth-order valence-electron chi connectivity index (χ4n) is 2.20. The first kappa shape index (κ1) is 12.9. The van der Waals surface area contributed by atoms with E-state index in [2.05, 4.69) is 5.32 Å². The molecule has 0 aromatic carbocycles. The highest BCUT2D eigenvalue weighted by atomic mass is 16.5. The molecule has 3 heteroatoms. The topological polar surface area (TPSA) is 41.5 Å². The highest BCUT2D eigenvalue weighted by Gasteiger charge is 2.30. The summed E-state index contributed by atoms with van der Waals surface area (Å²) in [5.74, 6) is 0. The van der Waals surface area contributed by atoms with Crippen LogP contribution in [-0.2, 0) is 4.74 Å². The average molecular weight is 215 g/mol. The van der Waals surface area contributed by atoms with Crippen LogP contribution in [0.5, 0.6) is 0 Å². The molecule has 0 spiro atoms. The van der Waals surface area contributed by atoms with E-state index in [1.54, 1.807) is 7.11 Å². The van der Waals surface area contributed by atoms with Gasteiger partial charge in [-0.15, -0.1) is 0 Å². The zero-order valence-electron chi connectivity index (χ0n) is 9.93. The first-order valence-corrected chi connectivity index (χ1v) is 6.19. The molecule has 0 atom stereocenters. The third-order valence-electron chi connectivity index (χ3n) is 3.19. The third kappa shape index (κ3) is 5.50. The summed E-state index contributed by atoms with van der Waals surface area (Å²) in [7, 11) is 1.74. The van der Waals surface area contributed by atoms with Crippen molar-refractivity contribution in [3.63, 3.8) is 0 Å². The van der Waals surface area contributed by atoms with Crippen molar-refractivity contribution >= 4 is 0 Å². The molecular weight excluding hydrogens is 190 g/mol. The summed E-state index contributed by atoms with van der Waals surface area (Å²) in [4.78, 5) is 0. The van der Waals surface area contributed by atoms with Crippen LogP contribution in [0.4, 0.5) is 0 Å². The Bertz CT molecular complexity index is 156. The molecule has 0 aromatic rings. The Kier molecular flexibility index (Phi) is 6.22. The fraction of sp³-hybridized carbons (Fsp3) is 1.00. The number of methoxy groups -OCH3 is 1. The molecule has 1 rings (SSSR count). The summed E-state index contributed by atoms with van der Waals surface area (Å²) in [6.45, 7) is 2.66.